The van der Waals surface area contributed by atoms with Crippen LogP contribution in [-0.4, -0.2) is 9.97 Å². The lowest BCUT2D eigenvalue weighted by Crippen LogP contribution is -2.15. The topological polar surface area (TPSA) is 90.9 Å². The van der Waals surface area contributed by atoms with Gasteiger partial charge in [-0.2, -0.15) is 0 Å². The van der Waals surface area contributed by atoms with Gasteiger partial charge >= 0.3 is 5.76 Å². The molecule has 0 bridgehead atoms. The maximum absolute atomic E-state index is 12.2. The van der Waals surface area contributed by atoms with Gasteiger partial charge in [0.05, 0.1) is 5.52 Å². The molecule has 4 aromatic rings. The molecule has 7 heteroatoms. The zero-order chi connectivity index (χ0) is 16.7. The van der Waals surface area contributed by atoms with Crippen molar-refractivity contribution in [2.24, 2.45) is 0 Å². The van der Waals surface area contributed by atoms with Gasteiger partial charge < -0.3 is 14.7 Å². The fraction of sp³-hybridized carbons (Fsp3) is 0.0588. The number of oxazole rings is 1. The summed E-state index contributed by atoms with van der Waals surface area (Å²) in [5, 5.41) is 4.63. The van der Waals surface area contributed by atoms with E-state index in [4.69, 9.17) is 16.0 Å². The summed E-state index contributed by atoms with van der Waals surface area (Å²) in [6, 6.07) is 12.4. The van der Waals surface area contributed by atoms with Crippen LogP contribution in [0.2, 0.25) is 5.02 Å². The Morgan fingerprint density at radius 1 is 1.00 bits per heavy atom. The second kappa shape index (κ2) is 5.58. The molecule has 0 unspecified atom stereocenters. The predicted molar refractivity (Wildman–Crippen MR) is 93.7 cm³/mol. The van der Waals surface area contributed by atoms with Gasteiger partial charge in [0.1, 0.15) is 0 Å². The standard InChI is InChI=1S/C17H12ClN3O3/c18-11-1-3-13-9(6-11)5-10(16(22)20-13)8-19-12-2-4-14-15(7-12)24-17(23)21-14/h1-7,19H,8H2,(H,20,22)(H,21,23). The van der Waals surface area contributed by atoms with Crippen LogP contribution in [0.4, 0.5) is 5.69 Å². The molecule has 0 saturated heterocycles. The highest BCUT2D eigenvalue weighted by Gasteiger charge is 2.06. The monoisotopic (exact) mass is 341 g/mol. The van der Waals surface area contributed by atoms with E-state index in [-0.39, 0.29) is 5.56 Å². The first-order valence-electron chi connectivity index (χ1n) is 7.27. The minimum atomic E-state index is -0.495. The molecule has 2 heterocycles. The van der Waals surface area contributed by atoms with Crippen molar-refractivity contribution in [1.82, 2.24) is 9.97 Å². The highest BCUT2D eigenvalue weighted by Crippen LogP contribution is 2.19. The number of rotatable bonds is 3. The maximum Gasteiger partial charge on any atom is 0.417 e. The summed E-state index contributed by atoms with van der Waals surface area (Å²) in [4.78, 5) is 28.8. The molecule has 6 nitrogen and oxygen atoms in total. The van der Waals surface area contributed by atoms with Gasteiger partial charge in [-0.05, 0) is 36.4 Å². The molecular weight excluding hydrogens is 330 g/mol. The quantitative estimate of drug-likeness (QED) is 0.533. The second-order valence-corrected chi connectivity index (χ2v) is 5.87. The van der Waals surface area contributed by atoms with Crippen LogP contribution in [0, 0.1) is 0 Å². The first kappa shape index (κ1) is 14.6. The Morgan fingerprint density at radius 2 is 1.83 bits per heavy atom. The maximum atomic E-state index is 12.2. The lowest BCUT2D eigenvalue weighted by Gasteiger charge is -2.07. The van der Waals surface area contributed by atoms with Crippen molar-refractivity contribution in [2.75, 3.05) is 5.32 Å². The highest BCUT2D eigenvalue weighted by molar-refractivity contribution is 6.31. The molecule has 0 aliphatic carbocycles. The summed E-state index contributed by atoms with van der Waals surface area (Å²) in [5.74, 6) is -0.495. The van der Waals surface area contributed by atoms with Gasteiger partial charge in [0.25, 0.3) is 5.56 Å². The van der Waals surface area contributed by atoms with Crippen molar-refractivity contribution in [3.05, 3.63) is 74.0 Å². The Balaban J connectivity index is 1.64. The number of hydrogen-bond acceptors (Lipinski definition) is 4. The molecule has 4 rings (SSSR count). The van der Waals surface area contributed by atoms with Crippen LogP contribution in [0.1, 0.15) is 5.56 Å². The zero-order valence-corrected chi connectivity index (χ0v) is 13.1. The molecule has 0 aliphatic rings. The third-order valence-corrected chi connectivity index (χ3v) is 4.02. The molecular formula is C17H12ClN3O3. The van der Waals surface area contributed by atoms with E-state index in [1.807, 2.05) is 6.07 Å². The van der Waals surface area contributed by atoms with Gasteiger partial charge in [0.15, 0.2) is 5.58 Å². The molecule has 0 radical (unpaired) electrons. The van der Waals surface area contributed by atoms with Crippen LogP contribution >= 0.6 is 11.6 Å². The third kappa shape index (κ3) is 2.68. The lowest BCUT2D eigenvalue weighted by atomic mass is 10.1. The second-order valence-electron chi connectivity index (χ2n) is 5.43. The Kier molecular flexibility index (Phi) is 3.39. The number of aromatic amines is 2. The van der Waals surface area contributed by atoms with Crippen LogP contribution in [0.15, 0.2) is 56.5 Å². The number of H-pyrrole nitrogens is 2. The number of pyridine rings is 1. The molecule has 2 aromatic heterocycles. The first-order chi connectivity index (χ1) is 11.6. The molecule has 24 heavy (non-hydrogen) atoms. The summed E-state index contributed by atoms with van der Waals surface area (Å²) < 4.78 is 5.02. The van der Waals surface area contributed by atoms with Crippen molar-refractivity contribution in [3.63, 3.8) is 0 Å². The average molecular weight is 342 g/mol. The van der Waals surface area contributed by atoms with E-state index in [2.05, 4.69) is 15.3 Å². The smallest absolute Gasteiger partial charge is 0.408 e. The Hall–Kier alpha value is -2.99. The molecule has 3 N–H and O–H groups in total. The van der Waals surface area contributed by atoms with Gasteiger partial charge in [0, 0.05) is 39.8 Å². The minimum Gasteiger partial charge on any atom is -0.408 e. The number of nitrogens with one attached hydrogen (secondary N) is 3. The largest absolute Gasteiger partial charge is 0.417 e. The van der Waals surface area contributed by atoms with E-state index in [0.717, 1.165) is 16.6 Å². The Labute approximate surface area is 140 Å². The van der Waals surface area contributed by atoms with Crippen molar-refractivity contribution in [1.29, 1.82) is 0 Å². The van der Waals surface area contributed by atoms with Gasteiger partial charge in [0.2, 0.25) is 0 Å². The summed E-state index contributed by atoms with van der Waals surface area (Å²) >= 11 is 5.99. The summed E-state index contributed by atoms with van der Waals surface area (Å²) in [6.07, 6.45) is 0. The van der Waals surface area contributed by atoms with Crippen LogP contribution in [0.3, 0.4) is 0 Å². The molecule has 0 fully saturated rings. The molecule has 0 saturated carbocycles. The number of hydrogen-bond donors (Lipinski definition) is 3. The molecule has 0 spiro atoms. The van der Waals surface area contributed by atoms with E-state index >= 15 is 0 Å². The fourth-order valence-corrected chi connectivity index (χ4v) is 2.79. The normalized spacial score (nSPS) is 11.2. The van der Waals surface area contributed by atoms with Crippen molar-refractivity contribution in [3.8, 4) is 0 Å². The van der Waals surface area contributed by atoms with Crippen LogP contribution in [0.5, 0.6) is 0 Å². The SMILES string of the molecule is O=c1[nH]c2ccc(NCc3cc4cc(Cl)ccc4[nH]c3=O)cc2o1. The van der Waals surface area contributed by atoms with E-state index in [9.17, 15) is 9.59 Å². The predicted octanol–water partition coefficient (Wildman–Crippen LogP) is 3.23. The number of benzene rings is 2. The van der Waals surface area contributed by atoms with E-state index in [1.165, 1.54) is 0 Å². The molecule has 120 valence electrons. The summed E-state index contributed by atoms with van der Waals surface area (Å²) in [7, 11) is 0. The fourth-order valence-electron chi connectivity index (χ4n) is 2.61. The van der Waals surface area contributed by atoms with E-state index in [1.54, 1.807) is 36.4 Å². The van der Waals surface area contributed by atoms with Gasteiger partial charge in [-0.3, -0.25) is 9.78 Å². The lowest BCUT2D eigenvalue weighted by molar-refractivity contribution is 0.555. The number of aromatic nitrogens is 2. The molecule has 0 amide bonds. The van der Waals surface area contributed by atoms with Gasteiger partial charge in [-0.1, -0.05) is 11.6 Å². The van der Waals surface area contributed by atoms with Crippen molar-refractivity contribution < 1.29 is 4.42 Å². The Bertz CT molecular complexity index is 1170. The van der Waals surface area contributed by atoms with Crippen LogP contribution < -0.4 is 16.6 Å². The van der Waals surface area contributed by atoms with Gasteiger partial charge in [-0.15, -0.1) is 0 Å². The third-order valence-electron chi connectivity index (χ3n) is 3.79. The molecule has 2 aromatic carbocycles. The average Bonchev–Trinajstić information content (AvgIpc) is 2.92. The summed E-state index contributed by atoms with van der Waals surface area (Å²) in [6.45, 7) is 0.331. The Morgan fingerprint density at radius 3 is 2.71 bits per heavy atom. The zero-order valence-electron chi connectivity index (χ0n) is 12.4. The summed E-state index contributed by atoms with van der Waals surface area (Å²) in [5.41, 5.74) is 3.00. The van der Waals surface area contributed by atoms with Crippen LogP contribution in [0.25, 0.3) is 22.0 Å². The van der Waals surface area contributed by atoms with Crippen molar-refractivity contribution in [2.45, 2.75) is 6.54 Å². The minimum absolute atomic E-state index is 0.161. The highest BCUT2D eigenvalue weighted by atomic mass is 35.5. The number of anilines is 1. The molecule has 0 atom stereocenters. The number of fused-ring (bicyclic) bond motifs is 2. The van der Waals surface area contributed by atoms with Crippen molar-refractivity contribution >= 4 is 39.3 Å². The van der Waals surface area contributed by atoms with E-state index < -0.39 is 5.76 Å². The number of halogens is 1. The van der Waals surface area contributed by atoms with E-state index in [0.29, 0.717) is 28.2 Å². The molecule has 0 aliphatic heterocycles. The van der Waals surface area contributed by atoms with Crippen LogP contribution in [-0.2, 0) is 6.54 Å². The van der Waals surface area contributed by atoms with Gasteiger partial charge in [-0.25, -0.2) is 4.79 Å². The first-order valence-corrected chi connectivity index (χ1v) is 7.64.